The van der Waals surface area contributed by atoms with E-state index in [1.807, 2.05) is 12.1 Å². The van der Waals surface area contributed by atoms with E-state index in [-0.39, 0.29) is 22.8 Å². The van der Waals surface area contributed by atoms with Gasteiger partial charge in [0.2, 0.25) is 0 Å². The molecule has 28 heavy (non-hydrogen) atoms. The second-order valence-corrected chi connectivity index (χ2v) is 10.0. The molecule has 4 rings (SSSR count). The Hall–Kier alpha value is -1.17. The maximum atomic E-state index is 13.1. The van der Waals surface area contributed by atoms with Gasteiger partial charge in [-0.05, 0) is 60.3 Å². The Labute approximate surface area is 168 Å². The third kappa shape index (κ3) is 3.81. The molecule has 4 nitrogen and oxygen atoms in total. The topological polar surface area (TPSA) is 35.9 Å². The molecular formula is C23H35FN2O2. The van der Waals surface area contributed by atoms with Crippen LogP contribution in [0.3, 0.4) is 0 Å². The maximum Gasteiger partial charge on any atom is 0.123 e. The minimum absolute atomic E-state index is 0.196. The number of fused-ring (bicyclic) bond motifs is 2. The zero-order valence-corrected chi connectivity index (χ0v) is 17.5. The van der Waals surface area contributed by atoms with E-state index in [2.05, 4.69) is 30.6 Å². The van der Waals surface area contributed by atoms with Gasteiger partial charge in [0.25, 0.3) is 0 Å². The summed E-state index contributed by atoms with van der Waals surface area (Å²) >= 11 is 0. The van der Waals surface area contributed by atoms with Crippen molar-refractivity contribution in [1.82, 2.24) is 4.90 Å². The zero-order valence-electron chi connectivity index (χ0n) is 17.5. The van der Waals surface area contributed by atoms with Gasteiger partial charge in [-0.15, -0.1) is 0 Å². The molecule has 3 aliphatic rings. The summed E-state index contributed by atoms with van der Waals surface area (Å²) in [7, 11) is 0. The molecular weight excluding hydrogens is 355 g/mol. The Morgan fingerprint density at radius 2 is 1.82 bits per heavy atom. The highest BCUT2D eigenvalue weighted by molar-refractivity contribution is 5.46. The van der Waals surface area contributed by atoms with Crippen LogP contribution in [0.15, 0.2) is 24.3 Å². The summed E-state index contributed by atoms with van der Waals surface area (Å²) in [6, 6.07) is 6.71. The molecule has 1 N–H and O–H groups in total. The van der Waals surface area contributed by atoms with Crippen LogP contribution in [0.5, 0.6) is 0 Å². The number of rotatable bonds is 6. The first-order valence-electron chi connectivity index (χ1n) is 10.8. The van der Waals surface area contributed by atoms with E-state index in [0.29, 0.717) is 13.2 Å². The highest BCUT2D eigenvalue weighted by Crippen LogP contribution is 2.63. The van der Waals surface area contributed by atoms with Crippen LogP contribution in [0.1, 0.15) is 40.0 Å². The van der Waals surface area contributed by atoms with Crippen molar-refractivity contribution in [2.75, 3.05) is 44.2 Å². The molecule has 2 bridgehead atoms. The molecule has 1 aromatic rings. The molecule has 4 atom stereocenters. The van der Waals surface area contributed by atoms with Gasteiger partial charge in [0.05, 0.1) is 18.8 Å². The fourth-order valence-electron chi connectivity index (χ4n) is 6.07. The van der Waals surface area contributed by atoms with Crippen molar-refractivity contribution < 1.29 is 14.2 Å². The van der Waals surface area contributed by atoms with Gasteiger partial charge in [0.1, 0.15) is 5.82 Å². The lowest BCUT2D eigenvalue weighted by Crippen LogP contribution is -2.50. The van der Waals surface area contributed by atoms with Crippen LogP contribution in [0, 0.1) is 22.6 Å². The molecule has 0 amide bonds. The normalized spacial score (nSPS) is 33.4. The second kappa shape index (κ2) is 7.58. The quantitative estimate of drug-likeness (QED) is 0.806. The van der Waals surface area contributed by atoms with Gasteiger partial charge in [-0.1, -0.05) is 20.8 Å². The van der Waals surface area contributed by atoms with Crippen LogP contribution in [-0.2, 0) is 4.74 Å². The first-order valence-corrected chi connectivity index (χ1v) is 10.8. The van der Waals surface area contributed by atoms with E-state index in [1.54, 1.807) is 0 Å². The Morgan fingerprint density at radius 3 is 2.43 bits per heavy atom. The summed E-state index contributed by atoms with van der Waals surface area (Å²) in [5.74, 6) is 0.567. The van der Waals surface area contributed by atoms with Crippen molar-refractivity contribution in [2.45, 2.75) is 52.2 Å². The van der Waals surface area contributed by atoms with E-state index < -0.39 is 6.10 Å². The van der Waals surface area contributed by atoms with Gasteiger partial charge in [0.15, 0.2) is 0 Å². The molecule has 2 saturated carbocycles. The van der Waals surface area contributed by atoms with Crippen LogP contribution in [0.2, 0.25) is 0 Å². The van der Waals surface area contributed by atoms with Crippen molar-refractivity contribution in [3.8, 4) is 0 Å². The van der Waals surface area contributed by atoms with Gasteiger partial charge >= 0.3 is 0 Å². The first-order chi connectivity index (χ1) is 13.3. The summed E-state index contributed by atoms with van der Waals surface area (Å²) in [6.07, 6.45) is 3.66. The van der Waals surface area contributed by atoms with Crippen molar-refractivity contribution in [2.24, 2.45) is 16.7 Å². The number of ether oxygens (including phenoxy) is 1. The molecule has 0 unspecified atom stereocenters. The molecule has 2 aliphatic carbocycles. The number of nitrogens with zero attached hydrogens (tertiary/aromatic N) is 2. The average molecular weight is 391 g/mol. The summed E-state index contributed by atoms with van der Waals surface area (Å²) in [5, 5.41) is 10.6. The smallest absolute Gasteiger partial charge is 0.123 e. The molecule has 1 heterocycles. The third-order valence-electron chi connectivity index (χ3n) is 7.63. The maximum absolute atomic E-state index is 13.1. The summed E-state index contributed by atoms with van der Waals surface area (Å²) in [4.78, 5) is 4.58. The van der Waals surface area contributed by atoms with Crippen LogP contribution in [-0.4, -0.2) is 61.5 Å². The second-order valence-electron chi connectivity index (χ2n) is 10.0. The van der Waals surface area contributed by atoms with E-state index >= 15 is 0 Å². The van der Waals surface area contributed by atoms with Gasteiger partial charge < -0.3 is 14.7 Å². The van der Waals surface area contributed by atoms with Gasteiger partial charge in [-0.25, -0.2) is 4.39 Å². The Bertz CT molecular complexity index is 667. The summed E-state index contributed by atoms with van der Waals surface area (Å²) in [5.41, 5.74) is 1.57. The van der Waals surface area contributed by atoms with E-state index in [1.165, 1.54) is 31.4 Å². The highest BCUT2D eigenvalue weighted by atomic mass is 19.1. The number of hydrogen-bond donors (Lipinski definition) is 1. The zero-order chi connectivity index (χ0) is 19.9. The molecule has 1 aliphatic heterocycles. The molecule has 5 heteroatoms. The molecule has 1 saturated heterocycles. The van der Waals surface area contributed by atoms with Gasteiger partial charge in [-0.3, -0.25) is 4.90 Å². The van der Waals surface area contributed by atoms with Crippen molar-refractivity contribution in [3.63, 3.8) is 0 Å². The van der Waals surface area contributed by atoms with E-state index in [4.69, 9.17) is 4.74 Å². The van der Waals surface area contributed by atoms with Crippen LogP contribution in [0.25, 0.3) is 0 Å². The molecule has 0 spiro atoms. The highest BCUT2D eigenvalue weighted by Gasteiger charge is 2.60. The standard InChI is InChI=1S/C23H35FN2O2/c1-22(2)17-8-9-23(3,14-17)21(22)28-16-20(27)15-25-10-12-26(13-11-25)19-6-4-18(24)5-7-19/h4-7,17,20-21,27H,8-16H2,1-3H3/t17-,20-,21-,23-/m1/s1. The lowest BCUT2D eigenvalue weighted by atomic mass is 9.70. The number of β-amino-alcohol motifs (C(OH)–C–C–N with tert-alkyl or cyclic N) is 1. The largest absolute Gasteiger partial charge is 0.389 e. The first kappa shape index (κ1) is 20.1. The molecule has 156 valence electrons. The van der Waals surface area contributed by atoms with Gasteiger partial charge in [-0.2, -0.15) is 0 Å². The minimum Gasteiger partial charge on any atom is -0.389 e. The number of aliphatic hydroxyl groups is 1. The number of halogens is 1. The number of benzene rings is 1. The molecule has 0 aromatic heterocycles. The average Bonchev–Trinajstić information content (AvgIpc) is 3.14. The van der Waals surface area contributed by atoms with E-state index in [0.717, 1.165) is 37.8 Å². The number of aliphatic hydroxyl groups excluding tert-OH is 1. The van der Waals surface area contributed by atoms with Crippen molar-refractivity contribution in [3.05, 3.63) is 30.1 Å². The number of piperazine rings is 1. The lowest BCUT2D eigenvalue weighted by Gasteiger charge is -2.43. The monoisotopic (exact) mass is 390 g/mol. The SMILES string of the molecule is CC1(C)[C@@H]2CC[C@](C)(C2)[C@@H]1OC[C@H](O)CN1CCN(c2ccc(F)cc2)CC1. The van der Waals surface area contributed by atoms with Crippen LogP contribution >= 0.6 is 0 Å². The van der Waals surface area contributed by atoms with Gasteiger partial charge in [0, 0.05) is 38.4 Å². The van der Waals surface area contributed by atoms with Crippen molar-refractivity contribution in [1.29, 1.82) is 0 Å². The Kier molecular flexibility index (Phi) is 5.45. The molecule has 1 aromatic carbocycles. The fourth-order valence-corrected chi connectivity index (χ4v) is 6.07. The Balaban J connectivity index is 1.23. The Morgan fingerprint density at radius 1 is 1.14 bits per heavy atom. The minimum atomic E-state index is -0.448. The third-order valence-corrected chi connectivity index (χ3v) is 7.63. The van der Waals surface area contributed by atoms with E-state index in [9.17, 15) is 9.50 Å². The molecule has 0 radical (unpaired) electrons. The molecule has 3 fully saturated rings. The fraction of sp³-hybridized carbons (Fsp3) is 0.739. The summed E-state index contributed by atoms with van der Waals surface area (Å²) in [6.45, 7) is 11.7. The number of anilines is 1. The predicted molar refractivity (Wildman–Crippen MR) is 110 cm³/mol. The van der Waals surface area contributed by atoms with Crippen LogP contribution in [0.4, 0.5) is 10.1 Å². The van der Waals surface area contributed by atoms with Crippen LogP contribution < -0.4 is 4.90 Å². The predicted octanol–water partition coefficient (Wildman–Crippen LogP) is 3.54. The lowest BCUT2D eigenvalue weighted by molar-refractivity contribution is -0.113. The van der Waals surface area contributed by atoms with Crippen molar-refractivity contribution >= 4 is 5.69 Å². The summed E-state index contributed by atoms with van der Waals surface area (Å²) < 4.78 is 19.4. The number of hydrogen-bond acceptors (Lipinski definition) is 4.